The summed E-state index contributed by atoms with van der Waals surface area (Å²) >= 11 is 0. The van der Waals surface area contributed by atoms with Crippen LogP contribution >= 0.6 is 0 Å². The van der Waals surface area contributed by atoms with E-state index in [1.807, 2.05) is 0 Å². The molecule has 0 saturated carbocycles. The quantitative estimate of drug-likeness (QED) is 0.729. The summed E-state index contributed by atoms with van der Waals surface area (Å²) in [5, 5.41) is 2.43. The minimum Gasteiger partial charge on any atom is -0.338 e. The van der Waals surface area contributed by atoms with E-state index in [1.165, 1.54) is 6.92 Å². The van der Waals surface area contributed by atoms with Crippen LogP contribution in [0.2, 0.25) is 0 Å². The molecule has 3 amide bonds. The van der Waals surface area contributed by atoms with Gasteiger partial charge in [0.15, 0.2) is 0 Å². The molecular weight excluding hydrogens is 208 g/mol. The SMILES string of the molecule is CC(=O)NCN1C(=O)c2ccccc2C1=O. The highest BCUT2D eigenvalue weighted by Gasteiger charge is 2.34. The third kappa shape index (κ3) is 1.56. The first-order chi connectivity index (χ1) is 7.61. The molecular formula is C11H10N2O3. The molecule has 0 bridgehead atoms. The van der Waals surface area contributed by atoms with Crippen LogP contribution in [-0.2, 0) is 4.79 Å². The number of fused-ring (bicyclic) bond motifs is 1. The Morgan fingerprint density at radius 1 is 1.19 bits per heavy atom. The molecule has 1 aliphatic rings. The molecule has 5 heteroatoms. The first kappa shape index (κ1) is 10.4. The third-order valence-corrected chi connectivity index (χ3v) is 2.36. The predicted octanol–water partition coefficient (Wildman–Crippen LogP) is 0.376. The van der Waals surface area contributed by atoms with Crippen LogP contribution < -0.4 is 5.32 Å². The van der Waals surface area contributed by atoms with E-state index in [9.17, 15) is 14.4 Å². The highest BCUT2D eigenvalue weighted by Crippen LogP contribution is 2.21. The highest BCUT2D eigenvalue weighted by atomic mass is 16.2. The minimum atomic E-state index is -0.366. The number of imide groups is 1. The van der Waals surface area contributed by atoms with Gasteiger partial charge < -0.3 is 5.32 Å². The zero-order chi connectivity index (χ0) is 11.7. The molecule has 0 saturated heterocycles. The maximum absolute atomic E-state index is 11.8. The topological polar surface area (TPSA) is 66.5 Å². The number of nitrogens with zero attached hydrogens (tertiary/aromatic N) is 1. The molecule has 1 aliphatic heterocycles. The summed E-state index contributed by atoms with van der Waals surface area (Å²) < 4.78 is 0. The number of amides is 3. The van der Waals surface area contributed by atoms with Crippen LogP contribution in [0.3, 0.4) is 0 Å². The van der Waals surface area contributed by atoms with E-state index in [0.717, 1.165) is 4.90 Å². The Hall–Kier alpha value is -2.17. The molecule has 82 valence electrons. The lowest BCUT2D eigenvalue weighted by Gasteiger charge is -2.13. The van der Waals surface area contributed by atoms with Gasteiger partial charge in [0.2, 0.25) is 5.91 Å². The smallest absolute Gasteiger partial charge is 0.263 e. The van der Waals surface area contributed by atoms with E-state index in [2.05, 4.69) is 5.32 Å². The third-order valence-electron chi connectivity index (χ3n) is 2.36. The second-order valence-corrected chi connectivity index (χ2v) is 3.47. The van der Waals surface area contributed by atoms with Gasteiger partial charge in [-0.05, 0) is 12.1 Å². The lowest BCUT2D eigenvalue weighted by Crippen LogP contribution is -2.40. The molecule has 1 N–H and O–H groups in total. The van der Waals surface area contributed by atoms with Crippen LogP contribution in [0, 0.1) is 0 Å². The van der Waals surface area contributed by atoms with E-state index in [0.29, 0.717) is 11.1 Å². The van der Waals surface area contributed by atoms with Crippen LogP contribution in [-0.4, -0.2) is 29.3 Å². The van der Waals surface area contributed by atoms with E-state index in [1.54, 1.807) is 24.3 Å². The molecule has 0 spiro atoms. The number of carbonyl (C=O) groups is 3. The highest BCUT2D eigenvalue weighted by molar-refractivity contribution is 6.21. The predicted molar refractivity (Wildman–Crippen MR) is 55.6 cm³/mol. The molecule has 0 unspecified atom stereocenters. The number of rotatable bonds is 2. The average molecular weight is 218 g/mol. The molecule has 0 radical (unpaired) electrons. The molecule has 0 aliphatic carbocycles. The second-order valence-electron chi connectivity index (χ2n) is 3.47. The van der Waals surface area contributed by atoms with Crippen molar-refractivity contribution in [1.82, 2.24) is 10.2 Å². The maximum atomic E-state index is 11.8. The summed E-state index contributed by atoms with van der Waals surface area (Å²) in [4.78, 5) is 35.3. The van der Waals surface area contributed by atoms with Crippen molar-refractivity contribution in [3.8, 4) is 0 Å². The van der Waals surface area contributed by atoms with Gasteiger partial charge in [0.1, 0.15) is 6.67 Å². The van der Waals surface area contributed by atoms with Gasteiger partial charge in [0.25, 0.3) is 11.8 Å². The van der Waals surface area contributed by atoms with Crippen LogP contribution in [0.15, 0.2) is 24.3 Å². The molecule has 1 aromatic carbocycles. The van der Waals surface area contributed by atoms with E-state index in [-0.39, 0.29) is 24.4 Å². The van der Waals surface area contributed by atoms with Gasteiger partial charge in [-0.3, -0.25) is 19.3 Å². The van der Waals surface area contributed by atoms with Gasteiger partial charge >= 0.3 is 0 Å². The Morgan fingerprint density at radius 2 is 1.69 bits per heavy atom. The van der Waals surface area contributed by atoms with Crippen LogP contribution in [0.25, 0.3) is 0 Å². The molecule has 1 aromatic rings. The minimum absolute atomic E-state index is 0.0817. The first-order valence-corrected chi connectivity index (χ1v) is 4.81. The van der Waals surface area contributed by atoms with E-state index in [4.69, 9.17) is 0 Å². The van der Waals surface area contributed by atoms with Gasteiger partial charge in [-0.25, -0.2) is 0 Å². The summed E-state index contributed by atoms with van der Waals surface area (Å²) in [5.41, 5.74) is 0.774. The van der Waals surface area contributed by atoms with Crippen molar-refractivity contribution in [2.75, 3.05) is 6.67 Å². The maximum Gasteiger partial charge on any atom is 0.263 e. The Morgan fingerprint density at radius 3 is 2.12 bits per heavy atom. The summed E-state index contributed by atoms with van der Waals surface area (Å²) in [6.07, 6.45) is 0. The normalized spacial score (nSPS) is 13.9. The zero-order valence-corrected chi connectivity index (χ0v) is 8.69. The Kier molecular flexibility index (Phi) is 2.44. The van der Waals surface area contributed by atoms with Crippen molar-refractivity contribution >= 4 is 17.7 Å². The lowest BCUT2D eigenvalue weighted by atomic mass is 10.1. The monoisotopic (exact) mass is 218 g/mol. The van der Waals surface area contributed by atoms with Crippen molar-refractivity contribution in [2.45, 2.75) is 6.92 Å². The molecule has 0 aromatic heterocycles. The van der Waals surface area contributed by atoms with Gasteiger partial charge in [-0.1, -0.05) is 12.1 Å². The van der Waals surface area contributed by atoms with E-state index >= 15 is 0 Å². The largest absolute Gasteiger partial charge is 0.338 e. The summed E-state index contributed by atoms with van der Waals surface area (Å²) in [7, 11) is 0. The fraction of sp³-hybridized carbons (Fsp3) is 0.182. The van der Waals surface area contributed by atoms with E-state index < -0.39 is 0 Å². The number of hydrogen-bond donors (Lipinski definition) is 1. The summed E-state index contributed by atoms with van der Waals surface area (Å²) in [6, 6.07) is 6.60. The van der Waals surface area contributed by atoms with Crippen LogP contribution in [0.1, 0.15) is 27.6 Å². The standard InChI is InChI=1S/C11H10N2O3/c1-7(14)12-6-13-10(15)8-4-2-3-5-9(8)11(13)16/h2-5H,6H2,1H3,(H,12,14). The number of nitrogens with one attached hydrogen (secondary N) is 1. The lowest BCUT2D eigenvalue weighted by molar-refractivity contribution is -0.119. The van der Waals surface area contributed by atoms with Gasteiger partial charge in [-0.2, -0.15) is 0 Å². The fourth-order valence-electron chi connectivity index (χ4n) is 1.57. The van der Waals surface area contributed by atoms with Crippen molar-refractivity contribution in [2.24, 2.45) is 0 Å². The van der Waals surface area contributed by atoms with Crippen LogP contribution in [0.5, 0.6) is 0 Å². The Bertz CT molecular complexity index is 447. The molecule has 0 fully saturated rings. The van der Waals surface area contributed by atoms with Gasteiger partial charge in [0.05, 0.1) is 11.1 Å². The van der Waals surface area contributed by atoms with Crippen LogP contribution in [0.4, 0.5) is 0 Å². The molecule has 1 heterocycles. The number of benzene rings is 1. The molecule has 2 rings (SSSR count). The molecule has 16 heavy (non-hydrogen) atoms. The number of carbonyl (C=O) groups excluding carboxylic acids is 3. The molecule has 5 nitrogen and oxygen atoms in total. The second kappa shape index (κ2) is 3.77. The van der Waals surface area contributed by atoms with Gasteiger partial charge in [-0.15, -0.1) is 0 Å². The molecule has 0 atom stereocenters. The Labute approximate surface area is 92.0 Å². The Balaban J connectivity index is 2.25. The van der Waals surface area contributed by atoms with Crippen molar-refractivity contribution in [3.05, 3.63) is 35.4 Å². The van der Waals surface area contributed by atoms with Crippen molar-refractivity contribution < 1.29 is 14.4 Å². The first-order valence-electron chi connectivity index (χ1n) is 4.81. The number of hydrogen-bond acceptors (Lipinski definition) is 3. The summed E-state index contributed by atoms with van der Waals surface area (Å²) in [6.45, 7) is 1.25. The van der Waals surface area contributed by atoms with Crippen molar-refractivity contribution in [3.63, 3.8) is 0 Å². The zero-order valence-electron chi connectivity index (χ0n) is 8.69. The average Bonchev–Trinajstić information content (AvgIpc) is 2.50. The van der Waals surface area contributed by atoms with Crippen molar-refractivity contribution in [1.29, 1.82) is 0 Å². The summed E-state index contributed by atoms with van der Waals surface area (Å²) in [5.74, 6) is -1.01. The van der Waals surface area contributed by atoms with Gasteiger partial charge in [0, 0.05) is 6.92 Å². The fourth-order valence-corrected chi connectivity index (χ4v) is 1.57.